The van der Waals surface area contributed by atoms with Gasteiger partial charge in [-0.2, -0.15) is 0 Å². The summed E-state index contributed by atoms with van der Waals surface area (Å²) in [6, 6.07) is 3.63. The zero-order chi connectivity index (χ0) is 15.7. The highest BCUT2D eigenvalue weighted by Crippen LogP contribution is 2.09. The number of nitrogens with zero attached hydrogens (tertiary/aromatic N) is 1. The minimum absolute atomic E-state index is 0.00425. The standard InChI is InChI=1S/C15H24N2O4/c1-12(5-6-15(19)20)7-8-16-10-14(18)17(2)11-13-4-3-9-21-13/h3-4,9,12,16H,5-8,10-11H2,1-2H3,(H,19,20). The van der Waals surface area contributed by atoms with Crippen LogP contribution in [0.1, 0.15) is 31.9 Å². The molecule has 1 unspecified atom stereocenters. The maximum Gasteiger partial charge on any atom is 0.303 e. The van der Waals surface area contributed by atoms with Crippen molar-refractivity contribution in [2.75, 3.05) is 20.1 Å². The van der Waals surface area contributed by atoms with Crippen molar-refractivity contribution in [2.24, 2.45) is 5.92 Å². The number of amides is 1. The van der Waals surface area contributed by atoms with Gasteiger partial charge in [-0.05, 0) is 37.4 Å². The minimum Gasteiger partial charge on any atom is -0.481 e. The number of carbonyl (C=O) groups is 2. The molecule has 0 fully saturated rings. The van der Waals surface area contributed by atoms with Crippen LogP contribution in [0.2, 0.25) is 0 Å². The van der Waals surface area contributed by atoms with Crippen LogP contribution in [0, 0.1) is 5.92 Å². The first kappa shape index (κ1) is 17.2. The van der Waals surface area contributed by atoms with Gasteiger partial charge in [0.1, 0.15) is 5.76 Å². The molecule has 0 aliphatic carbocycles. The van der Waals surface area contributed by atoms with Crippen LogP contribution in [0.15, 0.2) is 22.8 Å². The lowest BCUT2D eigenvalue weighted by Gasteiger charge is -2.16. The molecule has 6 nitrogen and oxygen atoms in total. The van der Waals surface area contributed by atoms with Crippen LogP contribution in [0.3, 0.4) is 0 Å². The van der Waals surface area contributed by atoms with Gasteiger partial charge in [-0.15, -0.1) is 0 Å². The maximum absolute atomic E-state index is 11.9. The SMILES string of the molecule is CC(CCNCC(=O)N(C)Cc1ccco1)CCC(=O)O. The molecule has 0 radical (unpaired) electrons. The Bertz CT molecular complexity index is 431. The zero-order valence-corrected chi connectivity index (χ0v) is 12.7. The first-order chi connectivity index (χ1) is 9.99. The molecule has 1 atom stereocenters. The third-order valence-electron chi connectivity index (χ3n) is 3.34. The van der Waals surface area contributed by atoms with Crippen LogP contribution in [-0.4, -0.2) is 42.0 Å². The Hall–Kier alpha value is -1.82. The van der Waals surface area contributed by atoms with Crippen LogP contribution in [0.4, 0.5) is 0 Å². The molecule has 1 amide bonds. The Morgan fingerprint density at radius 3 is 2.81 bits per heavy atom. The molecule has 118 valence electrons. The van der Waals surface area contributed by atoms with Gasteiger partial charge in [0.05, 0.1) is 19.4 Å². The summed E-state index contributed by atoms with van der Waals surface area (Å²) in [7, 11) is 1.74. The van der Waals surface area contributed by atoms with Crippen molar-refractivity contribution in [1.82, 2.24) is 10.2 Å². The quantitative estimate of drug-likeness (QED) is 0.642. The fraction of sp³-hybridized carbons (Fsp3) is 0.600. The molecule has 1 rings (SSSR count). The van der Waals surface area contributed by atoms with Crippen LogP contribution < -0.4 is 5.32 Å². The third-order valence-corrected chi connectivity index (χ3v) is 3.34. The third kappa shape index (κ3) is 7.51. The maximum atomic E-state index is 11.9. The summed E-state index contributed by atoms with van der Waals surface area (Å²) >= 11 is 0. The van der Waals surface area contributed by atoms with Crippen molar-refractivity contribution < 1.29 is 19.1 Å². The number of hydrogen-bond acceptors (Lipinski definition) is 4. The second kappa shape index (κ2) is 9.18. The molecule has 1 heterocycles. The predicted molar refractivity (Wildman–Crippen MR) is 78.7 cm³/mol. The van der Waals surface area contributed by atoms with Gasteiger partial charge in [0.2, 0.25) is 5.91 Å². The normalized spacial score (nSPS) is 12.1. The largest absolute Gasteiger partial charge is 0.481 e. The number of furan rings is 1. The van der Waals surface area contributed by atoms with Crippen molar-refractivity contribution in [1.29, 1.82) is 0 Å². The van der Waals surface area contributed by atoms with E-state index in [1.165, 1.54) is 0 Å². The minimum atomic E-state index is -0.760. The van der Waals surface area contributed by atoms with Crippen LogP contribution in [-0.2, 0) is 16.1 Å². The highest BCUT2D eigenvalue weighted by Gasteiger charge is 2.10. The molecular formula is C15H24N2O4. The molecular weight excluding hydrogens is 272 g/mol. The molecule has 6 heteroatoms. The lowest BCUT2D eigenvalue weighted by molar-refractivity contribution is -0.137. The molecule has 0 aliphatic rings. The predicted octanol–water partition coefficient (Wildman–Crippen LogP) is 1.72. The Morgan fingerprint density at radius 2 is 2.19 bits per heavy atom. The highest BCUT2D eigenvalue weighted by molar-refractivity contribution is 5.77. The topological polar surface area (TPSA) is 82.8 Å². The van der Waals surface area contributed by atoms with Gasteiger partial charge < -0.3 is 19.7 Å². The van der Waals surface area contributed by atoms with Gasteiger partial charge in [0, 0.05) is 13.5 Å². The molecule has 1 aromatic rings. The van der Waals surface area contributed by atoms with Gasteiger partial charge in [-0.1, -0.05) is 6.92 Å². The first-order valence-electron chi connectivity index (χ1n) is 7.18. The van der Waals surface area contributed by atoms with E-state index in [9.17, 15) is 9.59 Å². The average Bonchev–Trinajstić information content (AvgIpc) is 2.93. The van der Waals surface area contributed by atoms with Gasteiger partial charge in [-0.25, -0.2) is 0 Å². The summed E-state index contributed by atoms with van der Waals surface area (Å²) in [6.07, 6.45) is 3.32. The number of likely N-dealkylation sites (N-methyl/N-ethyl adjacent to an activating group) is 1. The van der Waals surface area contributed by atoms with E-state index in [2.05, 4.69) is 5.32 Å². The second-order valence-corrected chi connectivity index (χ2v) is 5.33. The Balaban J connectivity index is 2.11. The van der Waals surface area contributed by atoms with Gasteiger partial charge in [0.15, 0.2) is 0 Å². The van der Waals surface area contributed by atoms with E-state index in [4.69, 9.17) is 9.52 Å². The van der Waals surface area contributed by atoms with Crippen molar-refractivity contribution in [3.8, 4) is 0 Å². The molecule has 0 bridgehead atoms. The van der Waals surface area contributed by atoms with E-state index >= 15 is 0 Å². The summed E-state index contributed by atoms with van der Waals surface area (Å²) in [5.74, 6) is 0.340. The Morgan fingerprint density at radius 1 is 1.43 bits per heavy atom. The first-order valence-corrected chi connectivity index (χ1v) is 7.18. The summed E-state index contributed by atoms with van der Waals surface area (Å²) in [4.78, 5) is 23.9. The highest BCUT2D eigenvalue weighted by atomic mass is 16.4. The van der Waals surface area contributed by atoms with Gasteiger partial charge in [0.25, 0.3) is 0 Å². The van der Waals surface area contributed by atoms with E-state index in [0.29, 0.717) is 25.4 Å². The molecule has 21 heavy (non-hydrogen) atoms. The molecule has 0 spiro atoms. The average molecular weight is 296 g/mol. The van der Waals surface area contributed by atoms with E-state index in [1.54, 1.807) is 24.3 Å². The number of hydrogen-bond donors (Lipinski definition) is 2. The Labute approximate surface area is 125 Å². The summed E-state index contributed by atoms with van der Waals surface area (Å²) < 4.78 is 5.20. The van der Waals surface area contributed by atoms with Crippen molar-refractivity contribution >= 4 is 11.9 Å². The number of rotatable bonds is 10. The van der Waals surface area contributed by atoms with Crippen LogP contribution in [0.25, 0.3) is 0 Å². The number of nitrogens with one attached hydrogen (secondary N) is 1. The van der Waals surface area contributed by atoms with Gasteiger partial charge >= 0.3 is 5.97 Å². The molecule has 2 N–H and O–H groups in total. The monoisotopic (exact) mass is 296 g/mol. The summed E-state index contributed by atoms with van der Waals surface area (Å²) in [5, 5.41) is 11.7. The summed E-state index contributed by atoms with van der Waals surface area (Å²) in [5.41, 5.74) is 0. The lowest BCUT2D eigenvalue weighted by Crippen LogP contribution is -2.35. The van der Waals surface area contributed by atoms with E-state index in [-0.39, 0.29) is 18.9 Å². The van der Waals surface area contributed by atoms with E-state index in [0.717, 1.165) is 12.2 Å². The molecule has 1 aromatic heterocycles. The molecule has 0 aliphatic heterocycles. The summed E-state index contributed by atoms with van der Waals surface area (Å²) in [6.45, 7) is 3.47. The Kier molecular flexibility index (Phi) is 7.53. The van der Waals surface area contributed by atoms with Gasteiger partial charge in [-0.3, -0.25) is 9.59 Å². The van der Waals surface area contributed by atoms with Crippen LogP contribution >= 0.6 is 0 Å². The molecule has 0 saturated heterocycles. The number of carbonyl (C=O) groups excluding carboxylic acids is 1. The number of aliphatic carboxylic acids is 1. The molecule has 0 saturated carbocycles. The van der Waals surface area contributed by atoms with Crippen molar-refractivity contribution in [2.45, 2.75) is 32.7 Å². The second-order valence-electron chi connectivity index (χ2n) is 5.33. The zero-order valence-electron chi connectivity index (χ0n) is 12.7. The number of carboxylic acid groups (broad SMARTS) is 1. The molecule has 0 aromatic carbocycles. The van der Waals surface area contributed by atoms with E-state index < -0.39 is 5.97 Å². The lowest BCUT2D eigenvalue weighted by atomic mass is 10.0. The van der Waals surface area contributed by atoms with Crippen molar-refractivity contribution in [3.63, 3.8) is 0 Å². The fourth-order valence-corrected chi connectivity index (χ4v) is 1.92. The van der Waals surface area contributed by atoms with Crippen molar-refractivity contribution in [3.05, 3.63) is 24.2 Å². The smallest absolute Gasteiger partial charge is 0.303 e. The van der Waals surface area contributed by atoms with Crippen LogP contribution in [0.5, 0.6) is 0 Å². The fourth-order valence-electron chi connectivity index (χ4n) is 1.92. The number of carboxylic acids is 1. The van der Waals surface area contributed by atoms with E-state index in [1.807, 2.05) is 13.0 Å².